The van der Waals surface area contributed by atoms with E-state index in [0.717, 1.165) is 38.4 Å². The van der Waals surface area contributed by atoms with E-state index in [1.807, 2.05) is 13.8 Å². The van der Waals surface area contributed by atoms with Crippen molar-refractivity contribution in [3.63, 3.8) is 0 Å². The molecule has 0 atom stereocenters. The number of rotatable bonds is 10. The third-order valence-electron chi connectivity index (χ3n) is 2.40. The molecule has 0 saturated heterocycles. The smallest absolute Gasteiger partial charge is 0.0918 e. The first-order chi connectivity index (χ1) is 8.95. The van der Waals surface area contributed by atoms with Gasteiger partial charge < -0.3 is 15.5 Å². The highest BCUT2D eigenvalue weighted by Crippen LogP contribution is 1.95. The number of hydrogen-bond donors (Lipinski definition) is 1. The fourth-order valence-electron chi connectivity index (χ4n) is 1.72. The first kappa shape index (κ1) is 18.1. The largest absolute Gasteiger partial charge is 0.379 e. The molecule has 0 aliphatic rings. The molecule has 0 aliphatic carbocycles. The molecule has 0 spiro atoms. The lowest BCUT2D eigenvalue weighted by atomic mass is 10.2. The molecule has 0 radical (unpaired) electrons. The highest BCUT2D eigenvalue weighted by molar-refractivity contribution is 6.31. The van der Waals surface area contributed by atoms with E-state index in [2.05, 4.69) is 35.9 Å². The van der Waals surface area contributed by atoms with E-state index < -0.39 is 0 Å². The van der Waals surface area contributed by atoms with Crippen molar-refractivity contribution in [1.82, 2.24) is 4.90 Å². The summed E-state index contributed by atoms with van der Waals surface area (Å²) in [4.78, 5) is 6.53. The van der Waals surface area contributed by atoms with Gasteiger partial charge in [0.2, 0.25) is 0 Å². The molecule has 5 heteroatoms. The lowest BCUT2D eigenvalue weighted by molar-refractivity contribution is 0.0783. The van der Waals surface area contributed by atoms with Gasteiger partial charge in [-0.1, -0.05) is 13.8 Å². The van der Waals surface area contributed by atoms with E-state index in [9.17, 15) is 0 Å². The summed E-state index contributed by atoms with van der Waals surface area (Å²) in [5.41, 5.74) is 0.813. The highest BCUT2D eigenvalue weighted by Gasteiger charge is 2.04. The summed E-state index contributed by atoms with van der Waals surface area (Å²) in [5.74, 6) is 6.01. The topological polar surface area (TPSA) is 63.2 Å². The number of nitrogens with two attached hydrogens (primary N) is 1. The van der Waals surface area contributed by atoms with Gasteiger partial charge in [-0.25, -0.2) is 0 Å². The Kier molecular flexibility index (Phi) is 10.4. The van der Waals surface area contributed by atoms with Crippen molar-refractivity contribution < 1.29 is 4.74 Å². The second kappa shape index (κ2) is 10.9. The summed E-state index contributed by atoms with van der Waals surface area (Å²) >= 11 is 0. The van der Waals surface area contributed by atoms with Crippen LogP contribution in [0.5, 0.6) is 0 Å². The van der Waals surface area contributed by atoms with Crippen LogP contribution in [0.4, 0.5) is 0 Å². The van der Waals surface area contributed by atoms with Crippen LogP contribution in [-0.2, 0) is 4.74 Å². The Bertz CT molecular complexity index is 275. The molecule has 0 aromatic heterocycles. The molecule has 0 aromatic carbocycles. The predicted octanol–water partition coefficient (Wildman–Crippen LogP) is 1.77. The lowest BCUT2D eigenvalue weighted by Gasteiger charge is -2.18. The summed E-state index contributed by atoms with van der Waals surface area (Å²) in [7, 11) is 2.06. The molecule has 0 aromatic rings. The normalized spacial score (nSPS) is 13.4. The molecule has 0 rings (SSSR count). The van der Waals surface area contributed by atoms with Gasteiger partial charge in [0, 0.05) is 32.5 Å². The van der Waals surface area contributed by atoms with E-state index in [0.29, 0.717) is 5.92 Å². The maximum absolute atomic E-state index is 5.45. The van der Waals surface area contributed by atoms with Crippen molar-refractivity contribution in [2.75, 3.05) is 33.3 Å². The molecule has 19 heavy (non-hydrogen) atoms. The predicted molar refractivity (Wildman–Crippen MR) is 83.0 cm³/mol. The lowest BCUT2D eigenvalue weighted by Crippen LogP contribution is -2.30. The Hall–Kier alpha value is -0.940. The van der Waals surface area contributed by atoms with E-state index in [4.69, 9.17) is 10.6 Å². The Morgan fingerprint density at radius 1 is 1.32 bits per heavy atom. The third-order valence-corrected chi connectivity index (χ3v) is 2.40. The van der Waals surface area contributed by atoms with Gasteiger partial charge >= 0.3 is 0 Å². The average molecular weight is 270 g/mol. The zero-order chi connectivity index (χ0) is 14.7. The number of aliphatic imine (C=N–C) groups is 1. The SMILES string of the molecule is CC(C)CN(C)C/C(C=NCCCOC(C)C)=N/N. The van der Waals surface area contributed by atoms with Crippen LogP contribution in [0.2, 0.25) is 0 Å². The van der Waals surface area contributed by atoms with Gasteiger partial charge in [-0.3, -0.25) is 4.99 Å². The Morgan fingerprint density at radius 3 is 2.53 bits per heavy atom. The van der Waals surface area contributed by atoms with Gasteiger partial charge in [0.15, 0.2) is 0 Å². The molecule has 0 fully saturated rings. The number of hydrogen-bond acceptors (Lipinski definition) is 5. The maximum atomic E-state index is 5.45. The molecule has 0 saturated carbocycles. The molecule has 0 amide bonds. The van der Waals surface area contributed by atoms with Crippen LogP contribution in [0, 0.1) is 5.92 Å². The van der Waals surface area contributed by atoms with E-state index in [1.165, 1.54) is 0 Å². The van der Waals surface area contributed by atoms with Crippen LogP contribution in [0.1, 0.15) is 34.1 Å². The first-order valence-corrected chi connectivity index (χ1v) is 7.02. The van der Waals surface area contributed by atoms with Crippen LogP contribution < -0.4 is 5.84 Å². The number of hydrazone groups is 1. The van der Waals surface area contributed by atoms with Gasteiger partial charge in [0.05, 0.1) is 11.8 Å². The molecule has 2 N–H and O–H groups in total. The zero-order valence-electron chi connectivity index (χ0n) is 13.1. The van der Waals surface area contributed by atoms with Crippen molar-refractivity contribution in [3.05, 3.63) is 0 Å². The molecule has 0 bridgehead atoms. The fraction of sp³-hybridized carbons (Fsp3) is 0.857. The van der Waals surface area contributed by atoms with Crippen molar-refractivity contribution in [1.29, 1.82) is 0 Å². The molecular formula is C14H30N4O. The number of ether oxygens (including phenoxy) is 1. The summed E-state index contributed by atoms with van der Waals surface area (Å²) in [5, 5.41) is 3.78. The first-order valence-electron chi connectivity index (χ1n) is 7.02. The standard InChI is InChI=1S/C14H30N4O/c1-12(2)10-18(5)11-14(17-15)9-16-7-6-8-19-13(3)4/h9,12-13H,6-8,10-11,15H2,1-5H3/b16-9?,17-14+. The van der Waals surface area contributed by atoms with Gasteiger partial charge in [-0.15, -0.1) is 0 Å². The molecule has 5 nitrogen and oxygen atoms in total. The van der Waals surface area contributed by atoms with Crippen LogP contribution in [-0.4, -0.2) is 56.2 Å². The Balaban J connectivity index is 3.86. The van der Waals surface area contributed by atoms with Crippen molar-refractivity contribution in [2.24, 2.45) is 21.9 Å². The van der Waals surface area contributed by atoms with Gasteiger partial charge in [-0.2, -0.15) is 5.10 Å². The van der Waals surface area contributed by atoms with Gasteiger partial charge in [0.1, 0.15) is 0 Å². The average Bonchev–Trinajstić information content (AvgIpc) is 2.30. The third kappa shape index (κ3) is 11.9. The Labute approximate surface area is 117 Å². The van der Waals surface area contributed by atoms with Crippen LogP contribution in [0.3, 0.4) is 0 Å². The molecule has 112 valence electrons. The number of nitrogens with zero attached hydrogens (tertiary/aromatic N) is 3. The molecular weight excluding hydrogens is 240 g/mol. The van der Waals surface area contributed by atoms with E-state index in [-0.39, 0.29) is 6.10 Å². The van der Waals surface area contributed by atoms with Crippen molar-refractivity contribution >= 4 is 11.9 Å². The van der Waals surface area contributed by atoms with Gasteiger partial charge in [0.25, 0.3) is 0 Å². The summed E-state index contributed by atoms with van der Waals surface area (Å²) in [6, 6.07) is 0. The van der Waals surface area contributed by atoms with E-state index in [1.54, 1.807) is 6.21 Å². The Morgan fingerprint density at radius 2 is 2.00 bits per heavy atom. The second-order valence-electron chi connectivity index (χ2n) is 5.52. The molecule has 0 unspecified atom stereocenters. The molecule has 0 aliphatic heterocycles. The molecule has 0 heterocycles. The highest BCUT2D eigenvalue weighted by atomic mass is 16.5. The van der Waals surface area contributed by atoms with Crippen LogP contribution >= 0.6 is 0 Å². The van der Waals surface area contributed by atoms with Crippen molar-refractivity contribution in [3.8, 4) is 0 Å². The maximum Gasteiger partial charge on any atom is 0.0918 e. The van der Waals surface area contributed by atoms with E-state index >= 15 is 0 Å². The minimum Gasteiger partial charge on any atom is -0.379 e. The summed E-state index contributed by atoms with van der Waals surface area (Å²) in [6.07, 6.45) is 2.98. The minimum absolute atomic E-state index is 0.287. The monoisotopic (exact) mass is 270 g/mol. The van der Waals surface area contributed by atoms with Gasteiger partial charge in [-0.05, 0) is 33.2 Å². The minimum atomic E-state index is 0.287. The quantitative estimate of drug-likeness (QED) is 0.285. The summed E-state index contributed by atoms with van der Waals surface area (Å²) < 4.78 is 5.45. The summed E-state index contributed by atoms with van der Waals surface area (Å²) in [6.45, 7) is 11.7. The van der Waals surface area contributed by atoms with Crippen LogP contribution in [0.25, 0.3) is 0 Å². The van der Waals surface area contributed by atoms with Crippen LogP contribution in [0.15, 0.2) is 10.1 Å². The fourth-order valence-corrected chi connectivity index (χ4v) is 1.72. The van der Waals surface area contributed by atoms with Crippen molar-refractivity contribution in [2.45, 2.75) is 40.2 Å². The zero-order valence-corrected chi connectivity index (χ0v) is 13.1. The second-order valence-corrected chi connectivity index (χ2v) is 5.52.